The molecule has 1 aromatic carbocycles. The van der Waals surface area contributed by atoms with Gasteiger partial charge in [0.1, 0.15) is 0 Å². The molecule has 7 heteroatoms. The molecule has 0 radical (unpaired) electrons. The van der Waals surface area contributed by atoms with E-state index in [9.17, 15) is 19.8 Å². The largest absolute Gasteiger partial charge is 2.00 e. The van der Waals surface area contributed by atoms with Crippen LogP contribution in [0.15, 0.2) is 24.3 Å². The van der Waals surface area contributed by atoms with E-state index < -0.39 is 17.9 Å². The molecule has 0 bridgehead atoms. The van der Waals surface area contributed by atoms with Crippen molar-refractivity contribution in [1.29, 1.82) is 0 Å². The molecule has 0 saturated heterocycles. The second-order valence-corrected chi connectivity index (χ2v) is 2.64. The third kappa shape index (κ3) is 7.73. The molecule has 0 heterocycles. The zero-order valence-corrected chi connectivity index (χ0v) is 11.2. The molecule has 1 rings (SSSR count). The number of carbonyl (C=O) groups excluding carboxylic acids is 2. The number of carboxylic acid groups (broad SMARTS) is 3. The molecule has 0 spiro atoms. The first-order chi connectivity index (χ1) is 7.36. The van der Waals surface area contributed by atoms with Gasteiger partial charge in [-0.05, 0) is 0 Å². The van der Waals surface area contributed by atoms with E-state index in [-0.39, 0.29) is 48.9 Å². The Labute approximate surface area is 127 Å². The van der Waals surface area contributed by atoms with Crippen molar-refractivity contribution in [2.45, 2.75) is 6.92 Å². The van der Waals surface area contributed by atoms with Gasteiger partial charge in [0.25, 0.3) is 5.97 Å². The van der Waals surface area contributed by atoms with Crippen LogP contribution in [-0.4, -0.2) is 60.8 Å². The second-order valence-electron chi connectivity index (χ2n) is 2.64. The van der Waals surface area contributed by atoms with E-state index in [0.29, 0.717) is 0 Å². The molecule has 0 fully saturated rings. The number of hydrogen-bond acceptors (Lipinski definition) is 5. The summed E-state index contributed by atoms with van der Waals surface area (Å²) in [6, 6.07) is 5.14. The van der Waals surface area contributed by atoms with Crippen LogP contribution in [0, 0.1) is 0 Å². The van der Waals surface area contributed by atoms with Crippen LogP contribution < -0.4 is 10.2 Å². The fourth-order valence-corrected chi connectivity index (χ4v) is 0.839. The van der Waals surface area contributed by atoms with Gasteiger partial charge in [0, 0.05) is 18.1 Å². The van der Waals surface area contributed by atoms with Gasteiger partial charge in [0.05, 0.1) is 11.9 Å². The van der Waals surface area contributed by atoms with E-state index in [1.807, 2.05) is 0 Å². The van der Waals surface area contributed by atoms with Gasteiger partial charge in [0.2, 0.25) is 0 Å². The summed E-state index contributed by atoms with van der Waals surface area (Å²) in [6.45, 7) is 1.08. The summed E-state index contributed by atoms with van der Waals surface area (Å²) >= 11 is 0. The minimum atomic E-state index is -1.52. The van der Waals surface area contributed by atoms with Gasteiger partial charge in [-0.3, -0.25) is 4.79 Å². The van der Waals surface area contributed by atoms with Crippen molar-refractivity contribution in [2.75, 3.05) is 0 Å². The maximum Gasteiger partial charge on any atom is 2.00 e. The molecule has 0 saturated carbocycles. The number of carbonyl (C=O) groups is 3. The smallest absolute Gasteiger partial charge is 0.545 e. The fraction of sp³-hybridized carbons (Fsp3) is 0.100. The van der Waals surface area contributed by atoms with Crippen LogP contribution >= 0.6 is 0 Å². The first-order valence-corrected chi connectivity index (χ1v) is 4.07. The van der Waals surface area contributed by atoms with Crippen molar-refractivity contribution >= 4 is 55.6 Å². The minimum Gasteiger partial charge on any atom is -0.545 e. The van der Waals surface area contributed by atoms with Crippen molar-refractivity contribution in [3.05, 3.63) is 35.4 Å². The second kappa shape index (κ2) is 8.98. The van der Waals surface area contributed by atoms with Gasteiger partial charge < -0.3 is 24.9 Å². The summed E-state index contributed by atoms with van der Waals surface area (Å²) in [5.41, 5.74) is -0.727. The van der Waals surface area contributed by atoms with Gasteiger partial charge in [0.15, 0.2) is 0 Å². The van der Waals surface area contributed by atoms with Crippen molar-refractivity contribution in [1.82, 2.24) is 0 Å². The van der Waals surface area contributed by atoms with Gasteiger partial charge in [-0.25, -0.2) is 0 Å². The van der Waals surface area contributed by atoms with Crippen LogP contribution in [0.1, 0.15) is 27.6 Å². The Morgan fingerprint density at radius 2 is 1.24 bits per heavy atom. The quantitative estimate of drug-likeness (QED) is 0.625. The Hall–Kier alpha value is -1.11. The molecular formula is C10H8CaO6. The average Bonchev–Trinajstić information content (AvgIpc) is 2.16. The predicted molar refractivity (Wildman–Crippen MR) is 54.2 cm³/mol. The molecule has 0 aromatic heterocycles. The van der Waals surface area contributed by atoms with Crippen molar-refractivity contribution in [3.8, 4) is 0 Å². The first-order valence-electron chi connectivity index (χ1n) is 4.07. The van der Waals surface area contributed by atoms with Gasteiger partial charge in [-0.1, -0.05) is 24.3 Å². The Morgan fingerprint density at radius 3 is 1.41 bits per heavy atom. The molecular weight excluding hydrogens is 256 g/mol. The van der Waals surface area contributed by atoms with Gasteiger partial charge in [-0.15, -0.1) is 0 Å². The zero-order valence-electron chi connectivity index (χ0n) is 9.00. The molecule has 0 unspecified atom stereocenters. The molecule has 1 aromatic rings. The topological polar surface area (TPSA) is 118 Å². The number of aromatic carboxylic acids is 2. The molecule has 1 N–H and O–H groups in total. The molecule has 0 amide bonds. The van der Waals surface area contributed by atoms with Crippen LogP contribution in [0.5, 0.6) is 0 Å². The van der Waals surface area contributed by atoms with Crippen LogP contribution in [0.4, 0.5) is 0 Å². The Morgan fingerprint density at radius 1 is 1.00 bits per heavy atom. The van der Waals surface area contributed by atoms with E-state index in [4.69, 9.17) is 9.90 Å². The molecule has 6 nitrogen and oxygen atoms in total. The van der Waals surface area contributed by atoms with Crippen molar-refractivity contribution in [2.24, 2.45) is 0 Å². The van der Waals surface area contributed by atoms with E-state index in [1.165, 1.54) is 12.1 Å². The fourth-order valence-electron chi connectivity index (χ4n) is 0.839. The number of benzene rings is 1. The summed E-state index contributed by atoms with van der Waals surface area (Å²) < 4.78 is 0. The van der Waals surface area contributed by atoms with Crippen molar-refractivity contribution in [3.63, 3.8) is 0 Å². The normalized spacial score (nSPS) is 8.06. The Kier molecular flexibility index (Phi) is 9.64. The Bertz CT molecular complexity index is 378. The third-order valence-corrected chi connectivity index (χ3v) is 1.37. The summed E-state index contributed by atoms with van der Waals surface area (Å²) in [5, 5.41) is 28.1. The maximum atomic E-state index is 10.3. The summed E-state index contributed by atoms with van der Waals surface area (Å²) in [4.78, 5) is 29.6. The summed E-state index contributed by atoms with van der Waals surface area (Å²) in [5.74, 6) is -3.87. The van der Waals surface area contributed by atoms with E-state index >= 15 is 0 Å². The summed E-state index contributed by atoms with van der Waals surface area (Å²) in [7, 11) is 0. The number of rotatable bonds is 2. The number of carboxylic acids is 3. The minimum absolute atomic E-state index is 0. The van der Waals surface area contributed by atoms with Crippen LogP contribution in [0.25, 0.3) is 0 Å². The molecule has 0 aliphatic heterocycles. The van der Waals surface area contributed by atoms with Gasteiger partial charge in [-0.2, -0.15) is 0 Å². The Balaban J connectivity index is 0. The standard InChI is InChI=1S/C8H6O4.C2H4O2.Ca/c9-7(10)5-3-1-2-4-6(5)8(11)12;1-2(3)4;/h1-4H,(H,9,10)(H,11,12);1H3,(H,3,4);/q;;+2/p-2. The summed E-state index contributed by atoms with van der Waals surface area (Å²) in [6.07, 6.45) is 0. The third-order valence-electron chi connectivity index (χ3n) is 1.37. The first kappa shape index (κ1) is 18.3. The van der Waals surface area contributed by atoms with Crippen LogP contribution in [-0.2, 0) is 4.79 Å². The monoisotopic (exact) mass is 264 g/mol. The molecule has 17 heavy (non-hydrogen) atoms. The van der Waals surface area contributed by atoms with E-state index in [1.54, 1.807) is 0 Å². The van der Waals surface area contributed by atoms with Crippen molar-refractivity contribution < 1.29 is 29.7 Å². The molecule has 86 valence electrons. The van der Waals surface area contributed by atoms with E-state index in [2.05, 4.69) is 0 Å². The average molecular weight is 264 g/mol. The van der Waals surface area contributed by atoms with E-state index in [0.717, 1.165) is 19.1 Å². The number of aliphatic carboxylic acids is 1. The van der Waals surface area contributed by atoms with Crippen LogP contribution in [0.2, 0.25) is 0 Å². The molecule has 0 aliphatic rings. The SMILES string of the molecule is CC(=O)O.O=C([O-])c1ccccc1C(=O)[O-].[Ca+2]. The van der Waals surface area contributed by atoms with Crippen LogP contribution in [0.3, 0.4) is 0 Å². The molecule has 0 aliphatic carbocycles. The number of hydrogen-bond donors (Lipinski definition) is 1. The molecule has 0 atom stereocenters. The zero-order chi connectivity index (χ0) is 12.7. The predicted octanol–water partition coefficient (Wildman–Crippen LogP) is -1.88. The maximum absolute atomic E-state index is 10.3. The van der Waals surface area contributed by atoms with Gasteiger partial charge >= 0.3 is 37.7 Å².